The number of esters is 1. The van der Waals surface area contributed by atoms with E-state index in [9.17, 15) is 4.79 Å². The van der Waals surface area contributed by atoms with Gasteiger partial charge in [0.2, 0.25) is 0 Å². The van der Waals surface area contributed by atoms with Gasteiger partial charge in [-0.15, -0.1) is 0 Å². The lowest BCUT2D eigenvalue weighted by atomic mass is 9.84. The summed E-state index contributed by atoms with van der Waals surface area (Å²) in [6.07, 6.45) is 9.61. The minimum Gasteiger partial charge on any atom is -0.465 e. The Bertz CT molecular complexity index is 354. The summed E-state index contributed by atoms with van der Waals surface area (Å²) < 4.78 is 5.46. The average Bonchev–Trinajstić information content (AvgIpc) is 3.09. The fraction of sp³-hybridized carbons (Fsp3) is 0.938. The summed E-state index contributed by atoms with van der Waals surface area (Å²) in [5, 5.41) is 3.76. The zero-order valence-electron chi connectivity index (χ0n) is 12.7. The van der Waals surface area contributed by atoms with Crippen molar-refractivity contribution in [2.75, 3.05) is 19.7 Å². The molecule has 1 saturated carbocycles. The standard InChI is InChI=1S/C16H28N2O2/c1-2-20-15(19)16(17-13-7-3-4-8-13)10-12-18-11-6-5-9-14(16)18/h13-14,17H,2-12H2,1H3. The van der Waals surface area contributed by atoms with Crippen molar-refractivity contribution in [1.82, 2.24) is 10.2 Å². The molecule has 0 radical (unpaired) electrons. The summed E-state index contributed by atoms with van der Waals surface area (Å²) in [4.78, 5) is 15.2. The van der Waals surface area contributed by atoms with Gasteiger partial charge >= 0.3 is 5.97 Å². The lowest BCUT2D eigenvalue weighted by Crippen LogP contribution is -2.63. The van der Waals surface area contributed by atoms with Crippen molar-refractivity contribution in [2.45, 2.75) is 75.9 Å². The molecular formula is C16H28N2O2. The maximum Gasteiger partial charge on any atom is 0.328 e. The molecule has 20 heavy (non-hydrogen) atoms. The highest BCUT2D eigenvalue weighted by molar-refractivity contribution is 5.82. The highest BCUT2D eigenvalue weighted by atomic mass is 16.5. The molecule has 0 amide bonds. The predicted molar refractivity (Wildman–Crippen MR) is 78.6 cm³/mol. The van der Waals surface area contributed by atoms with Crippen molar-refractivity contribution in [3.63, 3.8) is 0 Å². The molecule has 3 fully saturated rings. The third-order valence-corrected chi connectivity index (χ3v) is 5.43. The summed E-state index contributed by atoms with van der Waals surface area (Å²) in [6.45, 7) is 4.59. The third-order valence-electron chi connectivity index (χ3n) is 5.43. The van der Waals surface area contributed by atoms with Crippen LogP contribution in [0.25, 0.3) is 0 Å². The van der Waals surface area contributed by atoms with Gasteiger partial charge in [0.1, 0.15) is 5.54 Å². The normalized spacial score (nSPS) is 35.1. The number of fused-ring (bicyclic) bond motifs is 1. The molecular weight excluding hydrogens is 252 g/mol. The van der Waals surface area contributed by atoms with Crippen LogP contribution in [0.5, 0.6) is 0 Å². The van der Waals surface area contributed by atoms with E-state index >= 15 is 0 Å². The van der Waals surface area contributed by atoms with E-state index in [1.54, 1.807) is 0 Å². The third kappa shape index (κ3) is 2.48. The van der Waals surface area contributed by atoms with Crippen LogP contribution < -0.4 is 5.32 Å². The lowest BCUT2D eigenvalue weighted by Gasteiger charge is -2.41. The predicted octanol–water partition coefficient (Wildman–Crippen LogP) is 2.08. The summed E-state index contributed by atoms with van der Waals surface area (Å²) in [6, 6.07) is 0.872. The van der Waals surface area contributed by atoms with Gasteiger partial charge in [0, 0.05) is 18.6 Å². The van der Waals surface area contributed by atoms with Crippen molar-refractivity contribution in [1.29, 1.82) is 0 Å². The maximum atomic E-state index is 12.7. The Hall–Kier alpha value is -0.610. The Morgan fingerprint density at radius 2 is 1.95 bits per heavy atom. The highest BCUT2D eigenvalue weighted by Crippen LogP contribution is 2.37. The molecule has 3 rings (SSSR count). The molecule has 2 aliphatic heterocycles. The van der Waals surface area contributed by atoms with Gasteiger partial charge in [0.05, 0.1) is 6.61 Å². The molecule has 1 aliphatic carbocycles. The van der Waals surface area contributed by atoms with Gasteiger partial charge in [0.15, 0.2) is 0 Å². The van der Waals surface area contributed by atoms with E-state index in [1.165, 1.54) is 38.5 Å². The first kappa shape index (κ1) is 14.3. The largest absolute Gasteiger partial charge is 0.465 e. The number of ether oxygens (including phenoxy) is 1. The monoisotopic (exact) mass is 280 g/mol. The quantitative estimate of drug-likeness (QED) is 0.801. The Kier molecular flexibility index (Phi) is 4.32. The molecule has 114 valence electrons. The first-order valence-corrected chi connectivity index (χ1v) is 8.45. The van der Waals surface area contributed by atoms with Crippen LogP contribution in [-0.2, 0) is 9.53 Å². The van der Waals surface area contributed by atoms with Gasteiger partial charge < -0.3 is 4.74 Å². The van der Waals surface area contributed by atoms with E-state index < -0.39 is 5.54 Å². The van der Waals surface area contributed by atoms with Gasteiger partial charge in [0.25, 0.3) is 0 Å². The van der Waals surface area contributed by atoms with Crippen molar-refractivity contribution >= 4 is 5.97 Å². The van der Waals surface area contributed by atoms with Crippen LogP contribution >= 0.6 is 0 Å². The van der Waals surface area contributed by atoms with Gasteiger partial charge in [-0.25, -0.2) is 4.79 Å². The van der Waals surface area contributed by atoms with Gasteiger partial charge in [-0.3, -0.25) is 10.2 Å². The molecule has 0 bridgehead atoms. The van der Waals surface area contributed by atoms with Gasteiger partial charge in [-0.05, 0) is 45.6 Å². The topological polar surface area (TPSA) is 41.6 Å². The second-order valence-electron chi connectivity index (χ2n) is 6.62. The number of hydrogen-bond donors (Lipinski definition) is 1. The minimum absolute atomic E-state index is 0.00120. The van der Waals surface area contributed by atoms with E-state index in [-0.39, 0.29) is 5.97 Å². The zero-order chi connectivity index (χ0) is 14.0. The van der Waals surface area contributed by atoms with Gasteiger partial charge in [-0.1, -0.05) is 19.3 Å². The first-order valence-electron chi connectivity index (χ1n) is 8.45. The molecule has 2 atom stereocenters. The molecule has 0 aromatic rings. The molecule has 2 heterocycles. The second kappa shape index (κ2) is 6.02. The average molecular weight is 280 g/mol. The number of nitrogens with zero attached hydrogens (tertiary/aromatic N) is 1. The van der Waals surface area contributed by atoms with Crippen LogP contribution in [-0.4, -0.2) is 48.2 Å². The number of carbonyl (C=O) groups excluding carboxylic acids is 1. The van der Waals surface area contributed by atoms with Crippen LogP contribution in [0, 0.1) is 0 Å². The van der Waals surface area contributed by atoms with Crippen molar-refractivity contribution in [3.05, 3.63) is 0 Å². The molecule has 3 aliphatic rings. The van der Waals surface area contributed by atoms with E-state index in [1.807, 2.05) is 6.92 Å². The SMILES string of the molecule is CCOC(=O)C1(NC2CCCC2)CCN2CCCCC21. The van der Waals surface area contributed by atoms with Crippen molar-refractivity contribution in [3.8, 4) is 0 Å². The fourth-order valence-corrected chi connectivity index (χ4v) is 4.46. The molecule has 0 aromatic heterocycles. The Morgan fingerprint density at radius 3 is 2.70 bits per heavy atom. The smallest absolute Gasteiger partial charge is 0.328 e. The van der Waals surface area contributed by atoms with E-state index in [0.717, 1.165) is 25.9 Å². The highest BCUT2D eigenvalue weighted by Gasteiger charge is 2.54. The lowest BCUT2D eigenvalue weighted by molar-refractivity contribution is -0.153. The zero-order valence-corrected chi connectivity index (χ0v) is 12.7. The van der Waals surface area contributed by atoms with E-state index in [2.05, 4.69) is 10.2 Å². The molecule has 4 heteroatoms. The number of hydrogen-bond acceptors (Lipinski definition) is 4. The molecule has 0 aromatic carbocycles. The Morgan fingerprint density at radius 1 is 1.20 bits per heavy atom. The number of carbonyl (C=O) groups is 1. The number of nitrogens with one attached hydrogen (secondary N) is 1. The van der Waals surface area contributed by atoms with Crippen molar-refractivity contribution < 1.29 is 9.53 Å². The van der Waals surface area contributed by atoms with Crippen molar-refractivity contribution in [2.24, 2.45) is 0 Å². The summed E-state index contributed by atoms with van der Waals surface area (Å²) >= 11 is 0. The number of piperidine rings is 1. The van der Waals surface area contributed by atoms with Crippen LogP contribution in [0.2, 0.25) is 0 Å². The van der Waals surface area contributed by atoms with Gasteiger partial charge in [-0.2, -0.15) is 0 Å². The number of rotatable bonds is 4. The molecule has 2 saturated heterocycles. The first-order chi connectivity index (χ1) is 9.76. The summed E-state index contributed by atoms with van der Waals surface area (Å²) in [7, 11) is 0. The van der Waals surface area contributed by atoms with Crippen LogP contribution in [0.15, 0.2) is 0 Å². The van der Waals surface area contributed by atoms with E-state index in [4.69, 9.17) is 4.74 Å². The molecule has 1 N–H and O–H groups in total. The summed E-state index contributed by atoms with van der Waals surface area (Å²) in [5.41, 5.74) is -0.425. The molecule has 2 unspecified atom stereocenters. The Labute approximate surface area is 122 Å². The summed E-state index contributed by atoms with van der Waals surface area (Å²) in [5.74, 6) is 0.00120. The fourth-order valence-electron chi connectivity index (χ4n) is 4.46. The van der Waals surface area contributed by atoms with Crippen LogP contribution in [0.4, 0.5) is 0 Å². The minimum atomic E-state index is -0.425. The van der Waals surface area contributed by atoms with E-state index in [0.29, 0.717) is 18.7 Å². The Balaban J connectivity index is 1.80. The van der Waals surface area contributed by atoms with Crippen LogP contribution in [0.3, 0.4) is 0 Å². The molecule has 4 nitrogen and oxygen atoms in total. The maximum absolute atomic E-state index is 12.7. The van der Waals surface area contributed by atoms with Crippen LogP contribution in [0.1, 0.15) is 58.3 Å². The second-order valence-corrected chi connectivity index (χ2v) is 6.62. The molecule has 0 spiro atoms.